The summed E-state index contributed by atoms with van der Waals surface area (Å²) in [5.74, 6) is 0. The first kappa shape index (κ1) is 14.4. The van der Waals surface area contributed by atoms with E-state index < -0.39 is 8.25 Å². The molecule has 0 aromatic rings. The zero-order chi connectivity index (χ0) is 10.2. The third-order valence-corrected chi connectivity index (χ3v) is 0.953. The van der Waals surface area contributed by atoms with Crippen molar-refractivity contribution in [2.75, 3.05) is 34.3 Å². The molecule has 1 N–H and O–H groups in total. The Morgan fingerprint density at radius 2 is 1.92 bits per heavy atom. The molecule has 0 aliphatic heterocycles. The Kier molecular flexibility index (Phi) is 9.07. The second-order valence-electron chi connectivity index (χ2n) is 3.04. The largest absolute Gasteiger partial charge is 0.674 e. The molecule has 0 amide bonds. The first-order valence-corrected chi connectivity index (χ1v) is 4.28. The van der Waals surface area contributed by atoms with Gasteiger partial charge in [0.05, 0.1) is 27.7 Å². The number of nitrogens with zero attached hydrogens (tertiary/aromatic N) is 1. The monoisotopic (exact) mass is 201 g/mol. The highest BCUT2D eigenvalue weighted by atomic mass is 31.1. The fourth-order valence-electron chi connectivity index (χ4n) is 0.300. The minimum absolute atomic E-state index is 0. The summed E-state index contributed by atoms with van der Waals surface area (Å²) < 4.78 is 12.2. The molecule has 0 spiro atoms. The summed E-state index contributed by atoms with van der Waals surface area (Å²) in [4.78, 5) is 8.87. The van der Waals surface area contributed by atoms with E-state index in [9.17, 15) is 0 Å². The highest BCUT2D eigenvalue weighted by Crippen LogP contribution is 1.99. The van der Waals surface area contributed by atoms with E-state index in [-0.39, 0.29) is 8.03 Å². The van der Waals surface area contributed by atoms with Crippen LogP contribution in [0.4, 0.5) is 0 Å². The molecule has 0 aliphatic rings. The Morgan fingerprint density at radius 1 is 1.58 bits per heavy atom. The van der Waals surface area contributed by atoms with Gasteiger partial charge in [-0.05, 0) is 4.57 Å². The normalized spacial score (nSPS) is 11.7. The number of hydrogen-bond donors (Lipinski definition) is 1. The Bertz CT molecular complexity index is 129. The molecule has 7 heteroatoms. The molecular weight excluding hydrogens is 185 g/mol. The molecular formula is C5H16NO5P. The highest BCUT2D eigenvalue weighted by Gasteiger charge is 2.02. The van der Waals surface area contributed by atoms with Crippen LogP contribution in [0, 0.1) is 0 Å². The number of aliphatic hydroxyl groups excluding tert-OH is 1. The van der Waals surface area contributed by atoms with Gasteiger partial charge in [0, 0.05) is 1.43 Å². The minimum atomic E-state index is -3.15. The summed E-state index contributed by atoms with van der Waals surface area (Å²) in [5, 5.41) is 16.9. The Labute approximate surface area is 74.0 Å². The van der Waals surface area contributed by atoms with Crippen LogP contribution in [0.25, 0.3) is 0 Å². The predicted octanol–water partition coefficient (Wildman–Crippen LogP) is -1.77. The van der Waals surface area contributed by atoms with Crippen LogP contribution in [0.1, 0.15) is 1.43 Å². The van der Waals surface area contributed by atoms with Crippen molar-refractivity contribution in [2.45, 2.75) is 0 Å². The second-order valence-corrected chi connectivity index (χ2v) is 3.63. The van der Waals surface area contributed by atoms with Gasteiger partial charge in [-0.3, -0.25) is 0 Å². The van der Waals surface area contributed by atoms with E-state index in [0.29, 0.717) is 0 Å². The maximum atomic E-state index is 8.87. The van der Waals surface area contributed by atoms with Crippen LogP contribution in [0.3, 0.4) is 0 Å². The number of likely N-dealkylation sites (N-methyl/N-ethyl adjacent to an activating group) is 1. The summed E-state index contributed by atoms with van der Waals surface area (Å²) >= 11 is 0. The highest BCUT2D eigenvalue weighted by molar-refractivity contribution is 7.30. The van der Waals surface area contributed by atoms with Gasteiger partial charge in [-0.1, -0.05) is 0 Å². The molecule has 0 fully saturated rings. The van der Waals surface area contributed by atoms with Gasteiger partial charge < -0.3 is 19.7 Å². The van der Waals surface area contributed by atoms with Crippen LogP contribution in [0.2, 0.25) is 0 Å². The van der Waals surface area contributed by atoms with E-state index in [4.69, 9.17) is 19.8 Å². The van der Waals surface area contributed by atoms with E-state index in [1.54, 1.807) is 0 Å². The van der Waals surface area contributed by atoms with Crippen LogP contribution < -0.4 is 10.2 Å². The smallest absolute Gasteiger partial charge is 0.479 e. The summed E-state index contributed by atoms with van der Waals surface area (Å²) in [6, 6.07) is 0. The molecule has 0 heterocycles. The molecule has 1 unspecified atom stereocenters. The Morgan fingerprint density at radius 3 is 1.92 bits per heavy atom. The standard InChI is InChI=1S/C5H14NO.HO4P.H2/c1-6(2,3)4-5-7;1-4-5(2)3;/h7H,4-5H2,1-3H3;1H;1H/q+1;;/p-1. The molecule has 0 aliphatic carbocycles. The average molecular weight is 201 g/mol. The lowest BCUT2D eigenvalue weighted by atomic mass is 10.5. The van der Waals surface area contributed by atoms with E-state index in [0.717, 1.165) is 11.0 Å². The van der Waals surface area contributed by atoms with Crippen LogP contribution in [-0.2, 0) is 9.24 Å². The molecule has 76 valence electrons. The minimum Gasteiger partial charge on any atom is -0.674 e. The lowest BCUT2D eigenvalue weighted by molar-refractivity contribution is -0.870. The fourth-order valence-corrected chi connectivity index (χ4v) is 0.300. The van der Waals surface area contributed by atoms with Crippen LogP contribution in [0.5, 0.6) is 0 Å². The lowest BCUT2D eigenvalue weighted by Crippen LogP contribution is -2.36. The van der Waals surface area contributed by atoms with Crippen molar-refractivity contribution in [3.63, 3.8) is 0 Å². The zero-order valence-corrected chi connectivity index (χ0v) is 8.28. The van der Waals surface area contributed by atoms with Gasteiger partial charge in [-0.15, -0.1) is 0 Å². The van der Waals surface area contributed by atoms with Crippen LogP contribution in [-0.4, -0.2) is 43.9 Å². The van der Waals surface area contributed by atoms with E-state index in [1.165, 1.54) is 0 Å². The third-order valence-electron chi connectivity index (χ3n) is 0.832. The van der Waals surface area contributed by atoms with Gasteiger partial charge in [0.2, 0.25) is 0 Å². The topological polar surface area (TPSA) is 92.7 Å². The average Bonchev–Trinajstić information content (AvgIpc) is 1.86. The molecule has 0 rings (SSSR count). The van der Waals surface area contributed by atoms with E-state index in [1.807, 2.05) is 0 Å². The summed E-state index contributed by atoms with van der Waals surface area (Å²) in [6.45, 7) is 1.11. The van der Waals surface area contributed by atoms with Crippen LogP contribution in [0.15, 0.2) is 0 Å². The molecule has 0 bridgehead atoms. The van der Waals surface area contributed by atoms with Crippen LogP contribution >= 0.6 is 8.25 Å². The van der Waals surface area contributed by atoms with Crippen molar-refractivity contribution in [3.05, 3.63) is 0 Å². The molecule has 1 atom stereocenters. The fraction of sp³-hybridized carbons (Fsp3) is 1.00. The number of rotatable bonds is 3. The zero-order valence-electron chi connectivity index (χ0n) is 7.39. The number of hydrogen-bond acceptors (Lipinski definition) is 5. The number of aliphatic hydroxyl groups is 1. The van der Waals surface area contributed by atoms with Crippen molar-refractivity contribution in [2.24, 2.45) is 0 Å². The maximum Gasteiger partial charge on any atom is 0.479 e. The van der Waals surface area contributed by atoms with E-state index in [2.05, 4.69) is 25.8 Å². The van der Waals surface area contributed by atoms with Crippen molar-refractivity contribution in [1.29, 1.82) is 0 Å². The molecule has 0 saturated carbocycles. The van der Waals surface area contributed by atoms with Crippen molar-refractivity contribution >= 4 is 8.25 Å². The molecule has 0 saturated heterocycles. The summed E-state index contributed by atoms with van der Waals surface area (Å²) in [7, 11) is 3.00. The van der Waals surface area contributed by atoms with Gasteiger partial charge in [-0.25, -0.2) is 4.67 Å². The maximum absolute atomic E-state index is 8.87. The van der Waals surface area contributed by atoms with Gasteiger partial charge >= 0.3 is 8.25 Å². The first-order chi connectivity index (χ1) is 5.33. The Balaban J connectivity index is -0.000000150. The van der Waals surface area contributed by atoms with Gasteiger partial charge in [-0.2, -0.15) is 0 Å². The summed E-state index contributed by atoms with van der Waals surface area (Å²) in [5.41, 5.74) is 0. The van der Waals surface area contributed by atoms with Gasteiger partial charge in [0.1, 0.15) is 6.54 Å². The SMILES string of the molecule is C[N+](C)(C)CCO.O=[P+]([O-])O[O-].[HH]. The van der Waals surface area contributed by atoms with Crippen molar-refractivity contribution in [3.8, 4) is 0 Å². The molecule has 0 radical (unpaired) electrons. The lowest BCUT2D eigenvalue weighted by Gasteiger charge is -2.21. The van der Waals surface area contributed by atoms with E-state index >= 15 is 0 Å². The number of quaternary nitrogens is 1. The third kappa shape index (κ3) is 22.5. The quantitative estimate of drug-likeness (QED) is 0.252. The second kappa shape index (κ2) is 7.54. The predicted molar refractivity (Wildman–Crippen MR) is 40.8 cm³/mol. The van der Waals surface area contributed by atoms with Crippen molar-refractivity contribution < 1.29 is 30.4 Å². The Hall–Kier alpha value is -0.100. The summed E-state index contributed by atoms with van der Waals surface area (Å²) in [6.07, 6.45) is 0. The molecule has 6 nitrogen and oxygen atoms in total. The first-order valence-electron chi connectivity index (χ1n) is 3.19. The molecule has 12 heavy (non-hydrogen) atoms. The van der Waals surface area contributed by atoms with Gasteiger partial charge in [0.25, 0.3) is 0 Å². The van der Waals surface area contributed by atoms with Crippen molar-refractivity contribution in [1.82, 2.24) is 0 Å². The molecule has 0 aromatic heterocycles. The van der Waals surface area contributed by atoms with Gasteiger partial charge in [0.15, 0.2) is 0 Å². The molecule has 0 aromatic carbocycles.